The van der Waals surface area contributed by atoms with Crippen molar-refractivity contribution >= 4 is 11.8 Å². The summed E-state index contributed by atoms with van der Waals surface area (Å²) in [5, 5.41) is 0. The summed E-state index contributed by atoms with van der Waals surface area (Å²) in [6, 6.07) is 4.78. The van der Waals surface area contributed by atoms with Gasteiger partial charge < -0.3 is 9.15 Å². The third-order valence-electron chi connectivity index (χ3n) is 2.87. The molecule has 7 nitrogen and oxygen atoms in total. The van der Waals surface area contributed by atoms with Gasteiger partial charge in [0.05, 0.1) is 12.2 Å². The van der Waals surface area contributed by atoms with Gasteiger partial charge in [0.15, 0.2) is 0 Å². The van der Waals surface area contributed by atoms with Crippen molar-refractivity contribution in [2.75, 3.05) is 6.61 Å². The number of nitrogens with zero attached hydrogens (tertiary/aromatic N) is 1. The lowest BCUT2D eigenvalue weighted by Gasteiger charge is -2.10. The van der Waals surface area contributed by atoms with E-state index >= 15 is 0 Å². The van der Waals surface area contributed by atoms with Crippen molar-refractivity contribution in [3.05, 3.63) is 47.0 Å². The normalized spacial score (nSPS) is 10.1. The van der Waals surface area contributed by atoms with E-state index in [1.165, 1.54) is 6.20 Å². The number of ether oxygens (including phenoxy) is 1. The smallest absolute Gasteiger partial charge is 0.275 e. The summed E-state index contributed by atoms with van der Waals surface area (Å²) in [6.45, 7) is 5.60. The standard InChI is InChI=1S/C15H17N3O4/c1-4-21-15-11(6-5-7-16-15)13(19)17-18-14(20)12-8-9(2)22-10(12)3/h5-8H,4H2,1-3H3,(H,17,19)(H,18,20). The van der Waals surface area contributed by atoms with Gasteiger partial charge in [-0.15, -0.1) is 0 Å². The van der Waals surface area contributed by atoms with E-state index in [0.29, 0.717) is 23.7 Å². The number of pyridine rings is 1. The number of hydrogen-bond acceptors (Lipinski definition) is 5. The van der Waals surface area contributed by atoms with Gasteiger partial charge in [-0.25, -0.2) is 4.98 Å². The maximum Gasteiger partial charge on any atom is 0.275 e. The van der Waals surface area contributed by atoms with Crippen LogP contribution >= 0.6 is 0 Å². The molecule has 2 rings (SSSR count). The molecule has 2 aromatic heterocycles. The Morgan fingerprint density at radius 3 is 2.50 bits per heavy atom. The molecular weight excluding hydrogens is 286 g/mol. The molecule has 0 spiro atoms. The lowest BCUT2D eigenvalue weighted by atomic mass is 10.2. The molecular formula is C15H17N3O4. The Hall–Kier alpha value is -2.83. The molecule has 2 amide bonds. The summed E-state index contributed by atoms with van der Waals surface area (Å²) >= 11 is 0. The number of rotatable bonds is 4. The predicted molar refractivity (Wildman–Crippen MR) is 78.5 cm³/mol. The summed E-state index contributed by atoms with van der Waals surface area (Å²) in [5.41, 5.74) is 5.28. The Kier molecular flexibility index (Phi) is 4.77. The first-order valence-corrected chi connectivity index (χ1v) is 6.78. The Morgan fingerprint density at radius 2 is 1.91 bits per heavy atom. The molecule has 0 radical (unpaired) electrons. The van der Waals surface area contributed by atoms with Crippen LogP contribution in [0.1, 0.15) is 39.2 Å². The van der Waals surface area contributed by atoms with Crippen LogP contribution in [0.5, 0.6) is 5.88 Å². The van der Waals surface area contributed by atoms with Gasteiger partial charge in [-0.3, -0.25) is 20.4 Å². The zero-order valence-electron chi connectivity index (χ0n) is 12.6. The Morgan fingerprint density at radius 1 is 1.23 bits per heavy atom. The highest BCUT2D eigenvalue weighted by Gasteiger charge is 2.17. The van der Waals surface area contributed by atoms with Crippen molar-refractivity contribution in [2.24, 2.45) is 0 Å². The molecule has 0 aliphatic carbocycles. The molecule has 0 atom stereocenters. The van der Waals surface area contributed by atoms with Crippen LogP contribution in [-0.4, -0.2) is 23.4 Å². The summed E-state index contributed by atoms with van der Waals surface area (Å²) in [4.78, 5) is 28.1. The molecule has 0 fully saturated rings. The van der Waals surface area contributed by atoms with Crippen LogP contribution in [0.3, 0.4) is 0 Å². The molecule has 0 bridgehead atoms. The topological polar surface area (TPSA) is 93.5 Å². The van der Waals surface area contributed by atoms with E-state index in [0.717, 1.165) is 0 Å². The largest absolute Gasteiger partial charge is 0.477 e. The van der Waals surface area contributed by atoms with E-state index in [-0.39, 0.29) is 11.4 Å². The van der Waals surface area contributed by atoms with Gasteiger partial charge in [-0.2, -0.15) is 0 Å². The maximum atomic E-state index is 12.1. The van der Waals surface area contributed by atoms with E-state index in [4.69, 9.17) is 9.15 Å². The third-order valence-corrected chi connectivity index (χ3v) is 2.87. The van der Waals surface area contributed by atoms with Crippen LogP contribution in [0.15, 0.2) is 28.8 Å². The monoisotopic (exact) mass is 303 g/mol. The van der Waals surface area contributed by atoms with Crippen LogP contribution in [0.25, 0.3) is 0 Å². The molecule has 0 unspecified atom stereocenters. The number of nitrogens with one attached hydrogen (secondary N) is 2. The highest BCUT2D eigenvalue weighted by molar-refractivity contribution is 6.00. The molecule has 2 heterocycles. The fourth-order valence-electron chi connectivity index (χ4n) is 1.92. The van der Waals surface area contributed by atoms with Gasteiger partial charge in [-0.1, -0.05) is 0 Å². The molecule has 0 aliphatic heterocycles. The maximum absolute atomic E-state index is 12.1. The first-order chi connectivity index (χ1) is 10.5. The second-order valence-electron chi connectivity index (χ2n) is 4.52. The lowest BCUT2D eigenvalue weighted by molar-refractivity contribution is 0.0843. The number of aromatic nitrogens is 1. The number of amides is 2. The van der Waals surface area contributed by atoms with Crippen LogP contribution in [0.2, 0.25) is 0 Å². The second-order valence-corrected chi connectivity index (χ2v) is 4.52. The van der Waals surface area contributed by atoms with Crippen molar-refractivity contribution in [3.63, 3.8) is 0 Å². The Balaban J connectivity index is 2.04. The average molecular weight is 303 g/mol. The van der Waals surface area contributed by atoms with E-state index in [9.17, 15) is 9.59 Å². The number of carbonyl (C=O) groups is 2. The minimum absolute atomic E-state index is 0.215. The number of furan rings is 1. The first-order valence-electron chi connectivity index (χ1n) is 6.78. The van der Waals surface area contributed by atoms with Crippen LogP contribution < -0.4 is 15.6 Å². The van der Waals surface area contributed by atoms with Crippen molar-refractivity contribution in [1.29, 1.82) is 0 Å². The summed E-state index contributed by atoms with van der Waals surface area (Å²) < 4.78 is 10.5. The number of hydrogen-bond donors (Lipinski definition) is 2. The van der Waals surface area contributed by atoms with Gasteiger partial charge >= 0.3 is 0 Å². The quantitative estimate of drug-likeness (QED) is 0.840. The molecule has 7 heteroatoms. The zero-order valence-corrected chi connectivity index (χ0v) is 12.6. The van der Waals surface area contributed by atoms with Gasteiger partial charge in [0.25, 0.3) is 11.8 Å². The number of carbonyl (C=O) groups excluding carboxylic acids is 2. The van der Waals surface area contributed by atoms with Crippen LogP contribution in [0.4, 0.5) is 0 Å². The van der Waals surface area contributed by atoms with E-state index in [1.807, 2.05) is 0 Å². The van der Waals surface area contributed by atoms with Crippen molar-refractivity contribution in [2.45, 2.75) is 20.8 Å². The van der Waals surface area contributed by atoms with E-state index in [2.05, 4.69) is 15.8 Å². The van der Waals surface area contributed by atoms with Crippen LogP contribution in [0, 0.1) is 13.8 Å². The van der Waals surface area contributed by atoms with E-state index in [1.54, 1.807) is 39.0 Å². The summed E-state index contributed by atoms with van der Waals surface area (Å²) in [7, 11) is 0. The highest BCUT2D eigenvalue weighted by atomic mass is 16.5. The fourth-order valence-corrected chi connectivity index (χ4v) is 1.92. The predicted octanol–water partition coefficient (Wildman–Crippen LogP) is 1.76. The van der Waals surface area contributed by atoms with Crippen LogP contribution in [-0.2, 0) is 0 Å². The summed E-state index contributed by atoms with van der Waals surface area (Å²) in [5.74, 6) is 0.361. The van der Waals surface area contributed by atoms with Gasteiger partial charge in [-0.05, 0) is 39.0 Å². The zero-order chi connectivity index (χ0) is 16.1. The van der Waals surface area contributed by atoms with Gasteiger partial charge in [0, 0.05) is 6.20 Å². The second kappa shape index (κ2) is 6.75. The molecule has 116 valence electrons. The van der Waals surface area contributed by atoms with Crippen molar-refractivity contribution < 1.29 is 18.7 Å². The highest BCUT2D eigenvalue weighted by Crippen LogP contribution is 2.14. The fraction of sp³-hybridized carbons (Fsp3) is 0.267. The minimum atomic E-state index is -0.511. The summed E-state index contributed by atoms with van der Waals surface area (Å²) in [6.07, 6.45) is 1.53. The molecule has 0 saturated heterocycles. The molecule has 2 aromatic rings. The SMILES string of the molecule is CCOc1ncccc1C(=O)NNC(=O)c1cc(C)oc1C. The minimum Gasteiger partial charge on any atom is -0.477 e. The van der Waals surface area contributed by atoms with Gasteiger partial charge in [0.2, 0.25) is 5.88 Å². The van der Waals surface area contributed by atoms with Crippen molar-refractivity contribution in [1.82, 2.24) is 15.8 Å². The van der Waals surface area contributed by atoms with E-state index < -0.39 is 11.8 Å². The Labute approximate surface area is 127 Å². The van der Waals surface area contributed by atoms with Crippen molar-refractivity contribution in [3.8, 4) is 5.88 Å². The molecule has 2 N–H and O–H groups in total. The van der Waals surface area contributed by atoms with Gasteiger partial charge in [0.1, 0.15) is 17.1 Å². The molecule has 0 saturated carbocycles. The number of hydrazine groups is 1. The number of aryl methyl sites for hydroxylation is 2. The first kappa shape index (κ1) is 15.6. The molecule has 0 aromatic carbocycles. The lowest BCUT2D eigenvalue weighted by Crippen LogP contribution is -2.41. The molecule has 0 aliphatic rings. The third kappa shape index (κ3) is 3.43. The molecule has 22 heavy (non-hydrogen) atoms. The Bertz CT molecular complexity index is 694. The average Bonchev–Trinajstić information content (AvgIpc) is 2.84.